The predicted octanol–water partition coefficient (Wildman–Crippen LogP) is 2.91. The Morgan fingerprint density at radius 2 is 1.97 bits per heavy atom. The first-order valence-electron chi connectivity index (χ1n) is 8.93. The molecule has 1 unspecified atom stereocenters. The third kappa shape index (κ3) is 3.36. The molecule has 0 fully saturated rings. The molecule has 11 nitrogen and oxygen atoms in total. The Kier molecular flexibility index (Phi) is 5.14. The Labute approximate surface area is 184 Å². The van der Waals surface area contributed by atoms with E-state index in [1.165, 1.54) is 25.3 Å². The highest BCUT2D eigenvalue weighted by Crippen LogP contribution is 2.37. The monoisotopic (exact) mass is 475 g/mol. The number of aliphatic hydroxyl groups is 1. The van der Waals surface area contributed by atoms with Crippen LogP contribution in [0, 0.1) is 10.1 Å². The number of non-ortho nitro benzene ring substituents is 1. The van der Waals surface area contributed by atoms with Gasteiger partial charge in [-0.15, -0.1) is 0 Å². The lowest BCUT2D eigenvalue weighted by Crippen LogP contribution is -2.34. The number of aliphatic hydroxyl groups excluding tert-OH is 1. The Hall–Kier alpha value is -3.84. The van der Waals surface area contributed by atoms with E-state index in [4.69, 9.17) is 4.42 Å². The molecule has 1 aliphatic rings. The number of benzene rings is 1. The van der Waals surface area contributed by atoms with Gasteiger partial charge in [0.2, 0.25) is 15.6 Å². The molecule has 1 amide bonds. The summed E-state index contributed by atoms with van der Waals surface area (Å²) in [5.41, 5.74) is -0.458. The first-order chi connectivity index (χ1) is 15.1. The van der Waals surface area contributed by atoms with Gasteiger partial charge in [0.05, 0.1) is 33.9 Å². The van der Waals surface area contributed by atoms with Gasteiger partial charge >= 0.3 is 0 Å². The third-order valence-corrected chi connectivity index (χ3v) is 8.00. The lowest BCUT2D eigenvalue weighted by Gasteiger charge is -2.19. The molecule has 1 aliphatic heterocycles. The van der Waals surface area contributed by atoms with E-state index in [1.54, 1.807) is 0 Å². The number of amides is 1. The van der Waals surface area contributed by atoms with Crippen molar-refractivity contribution >= 4 is 43.7 Å². The summed E-state index contributed by atoms with van der Waals surface area (Å²) in [7, 11) is -4.07. The van der Waals surface area contributed by atoms with Crippen LogP contribution >= 0.6 is 11.3 Å². The summed E-state index contributed by atoms with van der Waals surface area (Å²) in [5, 5.41) is 21.0. The second kappa shape index (κ2) is 7.69. The molecule has 0 saturated heterocycles. The van der Waals surface area contributed by atoms with E-state index in [0.717, 1.165) is 35.4 Å². The number of carbonyl (C=O) groups excluding carboxylic acids is 2. The number of hydrogen-bond donors (Lipinski definition) is 1. The van der Waals surface area contributed by atoms with E-state index >= 15 is 0 Å². The minimum absolute atomic E-state index is 0.0446. The standard InChI is InChI=1S/C19H13N3O8S2/c1-10-15(16(23)13-3-2-8-30-13)17(24)18(25)21(10)19-20-9-14(31-19)32(28,29)12-6-4-11(5-7-12)22(26)27/h2-10,24H,1H3. The first kappa shape index (κ1) is 21.4. The summed E-state index contributed by atoms with van der Waals surface area (Å²) >= 11 is 0.663. The molecule has 3 heterocycles. The first-order valence-corrected chi connectivity index (χ1v) is 11.2. The van der Waals surface area contributed by atoms with Crippen LogP contribution in [-0.4, -0.2) is 41.2 Å². The molecule has 0 bridgehead atoms. The Morgan fingerprint density at radius 1 is 1.28 bits per heavy atom. The van der Waals surface area contributed by atoms with Gasteiger partial charge in [0.25, 0.3) is 11.6 Å². The molecule has 32 heavy (non-hydrogen) atoms. The SMILES string of the molecule is CC1C(C(=O)c2ccco2)=C(O)C(=O)N1c1ncc(S(=O)(=O)c2ccc([N+](=O)[O-])cc2)s1. The molecular weight excluding hydrogens is 462 g/mol. The van der Waals surface area contributed by atoms with Crippen LogP contribution in [0.2, 0.25) is 0 Å². The van der Waals surface area contributed by atoms with Crippen molar-refractivity contribution in [3.63, 3.8) is 0 Å². The van der Waals surface area contributed by atoms with Crippen LogP contribution in [0.25, 0.3) is 0 Å². The smallest absolute Gasteiger partial charge is 0.295 e. The minimum atomic E-state index is -4.07. The largest absolute Gasteiger partial charge is 0.503 e. The minimum Gasteiger partial charge on any atom is -0.503 e. The second-order valence-electron chi connectivity index (χ2n) is 6.64. The summed E-state index contributed by atoms with van der Waals surface area (Å²) in [4.78, 5) is 40.2. The van der Waals surface area contributed by atoms with E-state index in [2.05, 4.69) is 4.98 Å². The highest BCUT2D eigenvalue weighted by molar-refractivity contribution is 7.93. The van der Waals surface area contributed by atoms with Crippen molar-refractivity contribution in [3.8, 4) is 0 Å². The van der Waals surface area contributed by atoms with Crippen LogP contribution in [0.3, 0.4) is 0 Å². The van der Waals surface area contributed by atoms with Crippen LogP contribution in [0.1, 0.15) is 17.5 Å². The van der Waals surface area contributed by atoms with E-state index in [-0.39, 0.29) is 31.3 Å². The predicted molar refractivity (Wildman–Crippen MR) is 110 cm³/mol. The number of nitro groups is 1. The number of carbonyl (C=O) groups is 2. The van der Waals surface area contributed by atoms with Crippen molar-refractivity contribution in [1.82, 2.24) is 4.98 Å². The van der Waals surface area contributed by atoms with Gasteiger partial charge in [0.15, 0.2) is 16.7 Å². The molecule has 4 rings (SSSR count). The summed E-state index contributed by atoms with van der Waals surface area (Å²) in [6, 6.07) is 6.28. The number of furan rings is 1. The average molecular weight is 475 g/mol. The highest BCUT2D eigenvalue weighted by atomic mass is 32.2. The van der Waals surface area contributed by atoms with Crippen LogP contribution in [-0.2, 0) is 14.6 Å². The number of Topliss-reactive ketones (excluding diaryl/α,β-unsaturated/α-hetero) is 1. The third-order valence-electron chi connectivity index (χ3n) is 4.77. The number of aromatic nitrogens is 1. The van der Waals surface area contributed by atoms with Crippen molar-refractivity contribution < 1.29 is 32.5 Å². The molecule has 0 aliphatic carbocycles. The van der Waals surface area contributed by atoms with Gasteiger partial charge in [-0.05, 0) is 31.2 Å². The van der Waals surface area contributed by atoms with Crippen molar-refractivity contribution in [1.29, 1.82) is 0 Å². The fourth-order valence-corrected chi connectivity index (χ4v) is 5.77. The van der Waals surface area contributed by atoms with Gasteiger partial charge in [0.1, 0.15) is 4.21 Å². The van der Waals surface area contributed by atoms with Crippen LogP contribution in [0.5, 0.6) is 0 Å². The maximum Gasteiger partial charge on any atom is 0.295 e. The van der Waals surface area contributed by atoms with E-state index in [9.17, 15) is 33.2 Å². The number of nitro benzene ring substituents is 1. The Morgan fingerprint density at radius 3 is 2.56 bits per heavy atom. The molecule has 2 aromatic heterocycles. The van der Waals surface area contributed by atoms with Crippen molar-refractivity contribution in [3.05, 3.63) is 76.1 Å². The number of anilines is 1. The van der Waals surface area contributed by atoms with Gasteiger partial charge in [-0.1, -0.05) is 11.3 Å². The Bertz CT molecular complexity index is 1370. The van der Waals surface area contributed by atoms with Crippen molar-refractivity contribution in [2.45, 2.75) is 22.1 Å². The molecular formula is C19H13N3O8S2. The molecule has 1 atom stereocenters. The fourth-order valence-electron chi connectivity index (χ4n) is 3.17. The maximum atomic E-state index is 12.9. The normalized spacial score (nSPS) is 16.6. The molecule has 0 spiro atoms. The summed E-state index contributed by atoms with van der Waals surface area (Å²) < 4.78 is 30.6. The number of nitrogens with zero attached hydrogens (tertiary/aromatic N) is 3. The topological polar surface area (TPSA) is 161 Å². The van der Waals surface area contributed by atoms with Gasteiger partial charge in [0, 0.05) is 12.1 Å². The Balaban J connectivity index is 1.64. The molecule has 164 valence electrons. The zero-order valence-corrected chi connectivity index (χ0v) is 17.8. The summed E-state index contributed by atoms with van der Waals surface area (Å²) in [6.45, 7) is 1.49. The molecule has 0 radical (unpaired) electrons. The zero-order valence-electron chi connectivity index (χ0n) is 16.2. The maximum absolute atomic E-state index is 12.9. The fraction of sp³-hybridized carbons (Fsp3) is 0.105. The number of rotatable bonds is 6. The average Bonchev–Trinajstić information content (AvgIpc) is 3.50. The van der Waals surface area contributed by atoms with Crippen LogP contribution < -0.4 is 4.90 Å². The molecule has 1 N–H and O–H groups in total. The quantitative estimate of drug-likeness (QED) is 0.321. The van der Waals surface area contributed by atoms with Gasteiger partial charge in [-0.25, -0.2) is 13.4 Å². The molecule has 3 aromatic rings. The zero-order chi connectivity index (χ0) is 23.2. The summed E-state index contributed by atoms with van der Waals surface area (Å²) in [5.74, 6) is -2.41. The van der Waals surface area contributed by atoms with Crippen LogP contribution in [0.4, 0.5) is 10.8 Å². The van der Waals surface area contributed by atoms with E-state index < -0.39 is 38.3 Å². The van der Waals surface area contributed by atoms with Gasteiger partial charge in [-0.3, -0.25) is 24.6 Å². The second-order valence-corrected chi connectivity index (χ2v) is 9.82. The van der Waals surface area contributed by atoms with Crippen LogP contribution in [0.15, 0.2) is 73.7 Å². The number of ketones is 1. The summed E-state index contributed by atoms with van der Waals surface area (Å²) in [6.07, 6.45) is 2.32. The molecule has 0 saturated carbocycles. The van der Waals surface area contributed by atoms with Crippen molar-refractivity contribution in [2.75, 3.05) is 4.90 Å². The number of sulfone groups is 1. The number of thiazole rings is 1. The lowest BCUT2D eigenvalue weighted by atomic mass is 10.0. The van der Waals surface area contributed by atoms with E-state index in [1.807, 2.05) is 0 Å². The molecule has 1 aromatic carbocycles. The van der Waals surface area contributed by atoms with E-state index in [0.29, 0.717) is 11.3 Å². The number of hydrogen-bond acceptors (Lipinski definition) is 10. The molecule has 13 heteroatoms. The van der Waals surface area contributed by atoms with Gasteiger partial charge < -0.3 is 9.52 Å². The highest BCUT2D eigenvalue weighted by Gasteiger charge is 2.43. The van der Waals surface area contributed by atoms with Crippen molar-refractivity contribution in [2.24, 2.45) is 0 Å². The van der Waals surface area contributed by atoms with Gasteiger partial charge in [-0.2, -0.15) is 0 Å². The lowest BCUT2D eigenvalue weighted by molar-refractivity contribution is -0.384.